The van der Waals surface area contributed by atoms with E-state index in [-0.39, 0.29) is 78.1 Å². The fraction of sp³-hybridized carbons (Fsp3) is 0.586. The van der Waals surface area contributed by atoms with Crippen molar-refractivity contribution < 1.29 is 33.9 Å². The van der Waals surface area contributed by atoms with Crippen LogP contribution in [-0.4, -0.2) is 45.6 Å². The number of ketones is 6. The maximum Gasteiger partial charge on any atom is 0.139 e. The highest BCUT2D eigenvalue weighted by Crippen LogP contribution is 2.36. The molecule has 3 aromatic carbocycles. The van der Waals surface area contributed by atoms with E-state index in [2.05, 4.69) is 121 Å². The molecule has 1 N–H and O–H groups in total. The van der Waals surface area contributed by atoms with Crippen molar-refractivity contribution in [1.82, 2.24) is 0 Å². The van der Waals surface area contributed by atoms with Crippen LogP contribution in [0.15, 0.2) is 36.4 Å². The van der Waals surface area contributed by atoms with E-state index in [0.717, 1.165) is 28.0 Å². The Kier molecular flexibility index (Phi) is 32.1. The largest absolute Gasteiger partial charge is 0.507 e. The zero-order valence-electron chi connectivity index (χ0n) is 44.1. The zero-order valence-corrected chi connectivity index (χ0v) is 44.9. The van der Waals surface area contributed by atoms with Gasteiger partial charge >= 0.3 is 0 Å². The summed E-state index contributed by atoms with van der Waals surface area (Å²) in [6, 6.07) is 12.9. The van der Waals surface area contributed by atoms with Crippen LogP contribution in [0.4, 0.5) is 0 Å². The van der Waals surface area contributed by atoms with E-state index in [1.54, 1.807) is 39.5 Å². The predicted octanol–water partition coefficient (Wildman–Crippen LogP) is 15.0. The number of hydrogen-bond donors (Lipinski definition) is 1. The summed E-state index contributed by atoms with van der Waals surface area (Å²) in [4.78, 5) is 63.2. The molecule has 0 heterocycles. The molecule has 0 spiro atoms. The molecule has 0 bridgehead atoms. The van der Waals surface area contributed by atoms with Gasteiger partial charge in [0.05, 0.1) is 12.2 Å². The molecule has 8 heteroatoms. The summed E-state index contributed by atoms with van der Waals surface area (Å²) < 4.78 is 0. The first kappa shape index (κ1) is 68.4. The van der Waals surface area contributed by atoms with Crippen molar-refractivity contribution in [2.24, 2.45) is 0 Å². The Morgan fingerprint density at radius 3 is 1.24 bits per heavy atom. The number of thioether (sulfide) groups is 1. The first-order valence-corrected chi connectivity index (χ1v) is 23.7. The number of hydrogen-bond acceptors (Lipinski definition) is 8. The number of aromatic hydroxyl groups is 1. The van der Waals surface area contributed by atoms with E-state index in [9.17, 15) is 33.9 Å². The third-order valence-electron chi connectivity index (χ3n) is 10.4. The Morgan fingerprint density at radius 1 is 0.530 bits per heavy atom. The van der Waals surface area contributed by atoms with Crippen molar-refractivity contribution >= 4 is 46.5 Å². The van der Waals surface area contributed by atoms with E-state index in [1.807, 2.05) is 26.0 Å². The molecule has 0 radical (unpaired) electrons. The van der Waals surface area contributed by atoms with E-state index >= 15 is 0 Å². The van der Waals surface area contributed by atoms with Crippen LogP contribution in [0.3, 0.4) is 0 Å². The molecule has 1 atom stereocenters. The average molecular weight is 935 g/mol. The minimum Gasteiger partial charge on any atom is -0.507 e. The van der Waals surface area contributed by atoms with Gasteiger partial charge in [-0.25, -0.2) is 0 Å². The van der Waals surface area contributed by atoms with Crippen LogP contribution in [0.5, 0.6) is 5.75 Å². The highest BCUT2D eigenvalue weighted by atomic mass is 32.2. The van der Waals surface area contributed by atoms with E-state index in [4.69, 9.17) is 0 Å². The molecular weight excluding hydrogens is 841 g/mol. The highest BCUT2D eigenvalue weighted by molar-refractivity contribution is 7.99. The summed E-state index contributed by atoms with van der Waals surface area (Å²) >= 11 is 1.70. The lowest BCUT2D eigenvalue weighted by atomic mass is 9.81. The monoisotopic (exact) mass is 935 g/mol. The maximum atomic E-state index is 11.2. The van der Waals surface area contributed by atoms with E-state index in [1.165, 1.54) is 52.8 Å². The molecule has 66 heavy (non-hydrogen) atoms. The van der Waals surface area contributed by atoms with Gasteiger partial charge in [0.15, 0.2) is 0 Å². The molecule has 0 aliphatic carbocycles. The summed E-state index contributed by atoms with van der Waals surface area (Å²) in [5, 5.41) is 10.2. The van der Waals surface area contributed by atoms with Crippen molar-refractivity contribution in [3.63, 3.8) is 0 Å². The molecule has 0 saturated heterocycles. The number of benzene rings is 3. The molecule has 0 aromatic heterocycles. The molecule has 1 unspecified atom stereocenters. The van der Waals surface area contributed by atoms with Crippen LogP contribution in [-0.2, 0) is 57.2 Å². The number of Topliss-reactive ketones (excluding diaryl/α,β-unsaturated/α-hetero) is 6. The summed E-state index contributed by atoms with van der Waals surface area (Å²) in [7, 11) is 0. The summed E-state index contributed by atoms with van der Waals surface area (Å²) in [5.41, 5.74) is 13.8. The van der Waals surface area contributed by atoms with Crippen molar-refractivity contribution in [3.05, 3.63) is 97.6 Å². The first-order chi connectivity index (χ1) is 28.9. The van der Waals surface area contributed by atoms with Gasteiger partial charge in [-0.15, -0.1) is 11.8 Å². The van der Waals surface area contributed by atoms with Gasteiger partial charge in [0.1, 0.15) is 40.4 Å². The molecule has 374 valence electrons. The van der Waals surface area contributed by atoms with E-state index < -0.39 is 0 Å². The molecule has 0 saturated carbocycles. The predicted molar refractivity (Wildman–Crippen MR) is 286 cm³/mol. The normalized spacial score (nSPS) is 11.1. The number of aryl methyl sites for hydroxylation is 3. The van der Waals surface area contributed by atoms with Crippen molar-refractivity contribution in [2.45, 2.75) is 221 Å². The number of carbonyl (C=O) groups is 6. The van der Waals surface area contributed by atoms with Crippen LogP contribution >= 0.6 is 11.8 Å². The Labute approximate surface area is 408 Å². The first-order valence-electron chi connectivity index (χ1n) is 22.5. The molecule has 3 aromatic rings. The van der Waals surface area contributed by atoms with Gasteiger partial charge in [0.2, 0.25) is 0 Å². The molecule has 0 amide bonds. The average Bonchev–Trinajstić information content (AvgIpc) is 3.10. The lowest BCUT2D eigenvalue weighted by Gasteiger charge is -2.24. The van der Waals surface area contributed by atoms with Gasteiger partial charge in [0.25, 0.3) is 0 Å². The Hall–Kier alpha value is -4.17. The maximum absolute atomic E-state index is 11.2. The Bertz CT molecular complexity index is 2040. The molecule has 7 nitrogen and oxygen atoms in total. The quantitative estimate of drug-likeness (QED) is 0.178. The lowest BCUT2D eigenvalue weighted by Crippen LogP contribution is -2.15. The van der Waals surface area contributed by atoms with Crippen molar-refractivity contribution in [2.75, 3.05) is 5.75 Å². The SMILES string of the molecule is C.C.CC(=O)CC(C)=O.CC(=O)CC(C)c1cc(C)c(O)c(C(C)(C)C)c1.CC(=O)CSCc1cc(C)c(C)c(C(C)(C)C)c1.CC(=O)Cc1cc(C)c(C)c(C(C)(C)C)c1.CCC(C)=O. The van der Waals surface area contributed by atoms with Crippen LogP contribution in [0, 0.1) is 34.6 Å². The second-order valence-electron chi connectivity index (χ2n) is 20.7. The minimum atomic E-state index is -0.0964. The smallest absolute Gasteiger partial charge is 0.139 e. The molecule has 0 aliphatic rings. The van der Waals surface area contributed by atoms with Gasteiger partial charge in [0, 0.05) is 25.0 Å². The second kappa shape index (κ2) is 31.0. The van der Waals surface area contributed by atoms with Gasteiger partial charge in [-0.3, -0.25) is 19.2 Å². The van der Waals surface area contributed by atoms with Gasteiger partial charge < -0.3 is 14.7 Å². The number of phenolic OH excluding ortho intramolecular Hbond substituents is 1. The number of phenols is 1. The van der Waals surface area contributed by atoms with Gasteiger partial charge in [-0.2, -0.15) is 0 Å². The standard InChI is InChI=1S/C16H24O2.C16H24OS.C15H22O.C5H8O2.C4H8O.2CH4/c1-10(7-12(3)17)13-8-11(2)15(18)14(9-13)16(4,5)6;1-11-7-14(10-18-9-12(2)17)8-15(13(11)3)16(4,5)6;1-10-7-13(8-11(2)16)9-14(12(10)3)15(4,5)6;1-4(6)3-5(2)7;1-3-4(2)5;;/h8-10,18H,7H2,1-6H3;7-8H,9-10H2,1-6H3;7,9H,8H2,1-6H3;3H2,1-2H3;3H2,1-2H3;2*1H4. The third-order valence-corrected chi connectivity index (χ3v) is 11.5. The van der Waals surface area contributed by atoms with Gasteiger partial charge in [-0.05, 0) is 160 Å². The van der Waals surface area contributed by atoms with Crippen LogP contribution < -0.4 is 0 Å². The summed E-state index contributed by atoms with van der Waals surface area (Å²) in [6.07, 6.45) is 1.85. The Morgan fingerprint density at radius 2 is 0.924 bits per heavy atom. The number of rotatable bonds is 12. The van der Waals surface area contributed by atoms with E-state index in [0.29, 0.717) is 30.8 Å². The fourth-order valence-corrected chi connectivity index (χ4v) is 7.57. The highest BCUT2D eigenvalue weighted by Gasteiger charge is 2.22. The topological polar surface area (TPSA) is 123 Å². The molecule has 3 rings (SSSR count). The summed E-state index contributed by atoms with van der Waals surface area (Å²) in [5.74, 6) is 2.91. The molecular formula is C58H94O7S. The minimum absolute atomic E-state index is 0. The lowest BCUT2D eigenvalue weighted by molar-refractivity contribution is -0.125. The van der Waals surface area contributed by atoms with Crippen LogP contribution in [0.25, 0.3) is 0 Å². The van der Waals surface area contributed by atoms with Crippen LogP contribution in [0.2, 0.25) is 0 Å². The van der Waals surface area contributed by atoms with Crippen molar-refractivity contribution in [1.29, 1.82) is 0 Å². The van der Waals surface area contributed by atoms with Crippen LogP contribution in [0.1, 0.15) is 219 Å². The second-order valence-corrected chi connectivity index (χ2v) is 21.7. The third kappa shape index (κ3) is 28.1. The summed E-state index contributed by atoms with van der Waals surface area (Å²) in [6.45, 7) is 43.4. The van der Waals surface area contributed by atoms with Gasteiger partial charge in [-0.1, -0.05) is 127 Å². The molecule has 0 aliphatic heterocycles. The molecule has 0 fully saturated rings. The Balaban J connectivity index is -0.000000384. The number of carbonyl (C=O) groups excluding carboxylic acids is 6. The zero-order chi connectivity index (χ0) is 50.7. The van der Waals surface area contributed by atoms with Crippen molar-refractivity contribution in [3.8, 4) is 5.75 Å². The fourth-order valence-electron chi connectivity index (χ4n) is 6.77.